The van der Waals surface area contributed by atoms with Crippen molar-refractivity contribution in [2.24, 2.45) is 11.7 Å². The van der Waals surface area contributed by atoms with Gasteiger partial charge in [-0.15, -0.1) is 0 Å². The van der Waals surface area contributed by atoms with Crippen LogP contribution in [-0.2, 0) is 6.42 Å². The molecule has 2 aromatic carbocycles. The molecular weight excluding hydrogens is 262 g/mol. The average Bonchev–Trinajstić information content (AvgIpc) is 2.95. The third-order valence-corrected chi connectivity index (χ3v) is 3.90. The molecular formula is C18H21NO2. The Bertz CT molecular complexity index is 607. The molecule has 3 heteroatoms. The van der Waals surface area contributed by atoms with Gasteiger partial charge < -0.3 is 15.2 Å². The van der Waals surface area contributed by atoms with Crippen LogP contribution in [0.4, 0.5) is 0 Å². The van der Waals surface area contributed by atoms with Crippen molar-refractivity contribution >= 4 is 0 Å². The molecule has 0 saturated heterocycles. The highest BCUT2D eigenvalue weighted by molar-refractivity contribution is 5.67. The molecule has 2 aromatic rings. The Morgan fingerprint density at radius 3 is 2.48 bits per heavy atom. The van der Waals surface area contributed by atoms with Crippen molar-refractivity contribution in [1.82, 2.24) is 0 Å². The van der Waals surface area contributed by atoms with Crippen LogP contribution in [0.3, 0.4) is 0 Å². The summed E-state index contributed by atoms with van der Waals surface area (Å²) in [6, 6.07) is 14.8. The zero-order valence-corrected chi connectivity index (χ0v) is 12.3. The lowest BCUT2D eigenvalue weighted by Gasteiger charge is -2.10. The van der Waals surface area contributed by atoms with Crippen LogP contribution in [0.1, 0.15) is 18.9 Å². The van der Waals surface area contributed by atoms with Gasteiger partial charge in [-0.25, -0.2) is 0 Å². The molecule has 0 saturated carbocycles. The van der Waals surface area contributed by atoms with E-state index in [0.717, 1.165) is 36.4 Å². The topological polar surface area (TPSA) is 44.5 Å². The van der Waals surface area contributed by atoms with Gasteiger partial charge >= 0.3 is 0 Å². The lowest BCUT2D eigenvalue weighted by atomic mass is 9.96. The summed E-state index contributed by atoms with van der Waals surface area (Å²) < 4.78 is 10.8. The molecule has 1 unspecified atom stereocenters. The van der Waals surface area contributed by atoms with E-state index in [-0.39, 0.29) is 0 Å². The number of ether oxygens (including phenoxy) is 2. The van der Waals surface area contributed by atoms with Crippen LogP contribution in [0.5, 0.6) is 11.5 Å². The van der Waals surface area contributed by atoms with Gasteiger partial charge in [0, 0.05) is 0 Å². The maximum Gasteiger partial charge on any atom is 0.231 e. The molecule has 1 aliphatic rings. The summed E-state index contributed by atoms with van der Waals surface area (Å²) >= 11 is 0. The van der Waals surface area contributed by atoms with Crippen molar-refractivity contribution in [3.8, 4) is 22.6 Å². The smallest absolute Gasteiger partial charge is 0.231 e. The fourth-order valence-corrected chi connectivity index (χ4v) is 2.70. The number of rotatable bonds is 5. The summed E-state index contributed by atoms with van der Waals surface area (Å²) in [5.74, 6) is 2.28. The van der Waals surface area contributed by atoms with Crippen LogP contribution >= 0.6 is 0 Å². The second-order valence-electron chi connectivity index (χ2n) is 5.65. The zero-order valence-electron chi connectivity index (χ0n) is 12.3. The fraction of sp³-hybridized carbons (Fsp3) is 0.333. The molecule has 0 amide bonds. The van der Waals surface area contributed by atoms with Crippen molar-refractivity contribution in [1.29, 1.82) is 0 Å². The van der Waals surface area contributed by atoms with Crippen molar-refractivity contribution < 1.29 is 9.47 Å². The van der Waals surface area contributed by atoms with Crippen LogP contribution < -0.4 is 15.2 Å². The third-order valence-electron chi connectivity index (χ3n) is 3.90. The Morgan fingerprint density at radius 2 is 1.71 bits per heavy atom. The first-order valence-corrected chi connectivity index (χ1v) is 7.45. The summed E-state index contributed by atoms with van der Waals surface area (Å²) in [5.41, 5.74) is 9.32. The number of hydrogen-bond acceptors (Lipinski definition) is 3. The molecule has 1 aliphatic heterocycles. The van der Waals surface area contributed by atoms with Gasteiger partial charge in [-0.3, -0.25) is 0 Å². The lowest BCUT2D eigenvalue weighted by Crippen LogP contribution is -2.07. The second-order valence-corrected chi connectivity index (χ2v) is 5.65. The SMILES string of the molecule is CC(CCN)Cc1ccc(-c2ccc3c(c2)OCO3)cc1. The Morgan fingerprint density at radius 1 is 1.00 bits per heavy atom. The van der Waals surface area contributed by atoms with Crippen LogP contribution in [0.2, 0.25) is 0 Å². The predicted molar refractivity (Wildman–Crippen MR) is 84.5 cm³/mol. The normalized spacial score (nSPS) is 14.2. The van der Waals surface area contributed by atoms with Crippen LogP contribution in [-0.4, -0.2) is 13.3 Å². The van der Waals surface area contributed by atoms with E-state index >= 15 is 0 Å². The Balaban J connectivity index is 1.75. The van der Waals surface area contributed by atoms with E-state index in [1.54, 1.807) is 0 Å². The van der Waals surface area contributed by atoms with Crippen LogP contribution in [0.25, 0.3) is 11.1 Å². The minimum absolute atomic E-state index is 0.316. The highest BCUT2D eigenvalue weighted by Gasteiger charge is 2.13. The molecule has 0 radical (unpaired) electrons. The van der Waals surface area contributed by atoms with Gasteiger partial charge in [-0.2, -0.15) is 0 Å². The van der Waals surface area contributed by atoms with E-state index in [4.69, 9.17) is 15.2 Å². The average molecular weight is 283 g/mol. The first kappa shape index (κ1) is 14.0. The van der Waals surface area contributed by atoms with Gasteiger partial charge in [0.25, 0.3) is 0 Å². The second kappa shape index (κ2) is 6.19. The van der Waals surface area contributed by atoms with E-state index in [2.05, 4.69) is 37.3 Å². The van der Waals surface area contributed by atoms with E-state index in [1.807, 2.05) is 12.1 Å². The molecule has 3 nitrogen and oxygen atoms in total. The maximum atomic E-state index is 5.61. The molecule has 0 bridgehead atoms. The van der Waals surface area contributed by atoms with Crippen molar-refractivity contribution in [2.75, 3.05) is 13.3 Å². The van der Waals surface area contributed by atoms with Crippen LogP contribution in [0.15, 0.2) is 42.5 Å². The van der Waals surface area contributed by atoms with Gasteiger partial charge in [0.15, 0.2) is 11.5 Å². The van der Waals surface area contributed by atoms with Gasteiger partial charge in [-0.05, 0) is 54.1 Å². The van der Waals surface area contributed by atoms with Gasteiger partial charge in [-0.1, -0.05) is 37.3 Å². The van der Waals surface area contributed by atoms with E-state index < -0.39 is 0 Å². The van der Waals surface area contributed by atoms with E-state index in [0.29, 0.717) is 12.7 Å². The fourth-order valence-electron chi connectivity index (χ4n) is 2.70. The van der Waals surface area contributed by atoms with Gasteiger partial charge in [0.05, 0.1) is 0 Å². The summed E-state index contributed by atoms with van der Waals surface area (Å²) in [5, 5.41) is 0. The molecule has 2 N–H and O–H groups in total. The van der Waals surface area contributed by atoms with Crippen molar-refractivity contribution in [3.05, 3.63) is 48.0 Å². The lowest BCUT2D eigenvalue weighted by molar-refractivity contribution is 0.174. The molecule has 1 atom stereocenters. The highest BCUT2D eigenvalue weighted by atomic mass is 16.7. The number of benzene rings is 2. The van der Waals surface area contributed by atoms with E-state index in [1.165, 1.54) is 11.1 Å². The molecule has 0 aromatic heterocycles. The number of hydrogen-bond donors (Lipinski definition) is 1. The first-order chi connectivity index (χ1) is 10.3. The molecule has 110 valence electrons. The third kappa shape index (κ3) is 3.19. The quantitative estimate of drug-likeness (QED) is 0.911. The summed E-state index contributed by atoms with van der Waals surface area (Å²) in [6.07, 6.45) is 2.16. The monoisotopic (exact) mass is 283 g/mol. The zero-order chi connectivity index (χ0) is 14.7. The van der Waals surface area contributed by atoms with Crippen LogP contribution in [0, 0.1) is 5.92 Å². The standard InChI is InChI=1S/C18H21NO2/c1-13(8-9-19)10-14-2-4-15(5-3-14)16-6-7-17-18(11-16)21-12-20-17/h2-7,11,13H,8-10,12,19H2,1H3. The Labute approximate surface area is 125 Å². The molecule has 0 aliphatic carbocycles. The summed E-state index contributed by atoms with van der Waals surface area (Å²) in [4.78, 5) is 0. The molecule has 21 heavy (non-hydrogen) atoms. The minimum Gasteiger partial charge on any atom is -0.454 e. The molecule has 3 rings (SSSR count). The van der Waals surface area contributed by atoms with Gasteiger partial charge in [0.2, 0.25) is 6.79 Å². The number of nitrogens with two attached hydrogens (primary N) is 1. The minimum atomic E-state index is 0.316. The van der Waals surface area contributed by atoms with Crippen molar-refractivity contribution in [3.63, 3.8) is 0 Å². The number of fused-ring (bicyclic) bond motifs is 1. The summed E-state index contributed by atoms with van der Waals surface area (Å²) in [7, 11) is 0. The van der Waals surface area contributed by atoms with Gasteiger partial charge in [0.1, 0.15) is 0 Å². The molecule has 1 heterocycles. The Kier molecular flexibility index (Phi) is 4.11. The highest BCUT2D eigenvalue weighted by Crippen LogP contribution is 2.35. The molecule has 0 fully saturated rings. The largest absolute Gasteiger partial charge is 0.454 e. The molecule has 0 spiro atoms. The van der Waals surface area contributed by atoms with E-state index in [9.17, 15) is 0 Å². The van der Waals surface area contributed by atoms with Crippen molar-refractivity contribution in [2.45, 2.75) is 19.8 Å². The first-order valence-electron chi connectivity index (χ1n) is 7.45. The Hall–Kier alpha value is -2.00. The maximum absolute atomic E-state index is 5.61. The predicted octanol–water partition coefficient (Wildman–Crippen LogP) is 3.61. The summed E-state index contributed by atoms with van der Waals surface area (Å²) in [6.45, 7) is 3.33.